The van der Waals surface area contributed by atoms with Crippen molar-refractivity contribution >= 4 is 40.9 Å². The van der Waals surface area contributed by atoms with Crippen molar-refractivity contribution in [3.63, 3.8) is 0 Å². The van der Waals surface area contributed by atoms with Crippen LogP contribution in [0.2, 0.25) is 10.0 Å². The zero-order valence-corrected chi connectivity index (χ0v) is 15.2. The summed E-state index contributed by atoms with van der Waals surface area (Å²) in [6.45, 7) is 0.364. The minimum Gasteiger partial charge on any atom is -0.482 e. The third kappa shape index (κ3) is 4.59. The number of hydrogen-bond donors (Lipinski definition) is 1. The molecule has 0 spiro atoms. The summed E-state index contributed by atoms with van der Waals surface area (Å²) in [4.78, 5) is 25.4. The van der Waals surface area contributed by atoms with E-state index in [4.69, 9.17) is 32.7 Å². The van der Waals surface area contributed by atoms with Crippen LogP contribution in [0, 0.1) is 0 Å². The quantitative estimate of drug-likeness (QED) is 0.813. The minimum absolute atomic E-state index is 0.200. The number of halogens is 2. The third-order valence-corrected chi connectivity index (χ3v) is 4.25. The number of carbonyl (C=O) groups excluding carboxylic acids is 2. The molecule has 1 aliphatic rings. The summed E-state index contributed by atoms with van der Waals surface area (Å²) < 4.78 is 10.6. The molecule has 2 aromatic rings. The van der Waals surface area contributed by atoms with E-state index in [1.165, 1.54) is 11.0 Å². The zero-order chi connectivity index (χ0) is 18.5. The van der Waals surface area contributed by atoms with Crippen molar-refractivity contribution < 1.29 is 19.1 Å². The van der Waals surface area contributed by atoms with E-state index in [-0.39, 0.29) is 19.1 Å². The maximum Gasteiger partial charge on any atom is 0.414 e. The highest BCUT2D eigenvalue weighted by Crippen LogP contribution is 2.27. The van der Waals surface area contributed by atoms with E-state index in [0.29, 0.717) is 22.3 Å². The van der Waals surface area contributed by atoms with Crippen LogP contribution in [-0.4, -0.2) is 37.8 Å². The highest BCUT2D eigenvalue weighted by Gasteiger charge is 2.32. The number of para-hydroxylation sites is 1. The first-order chi connectivity index (χ1) is 12.5. The van der Waals surface area contributed by atoms with Crippen molar-refractivity contribution in [2.75, 3.05) is 24.6 Å². The summed E-state index contributed by atoms with van der Waals surface area (Å²) in [7, 11) is 0. The molecule has 0 radical (unpaired) electrons. The molecule has 0 saturated carbocycles. The molecule has 1 fully saturated rings. The summed E-state index contributed by atoms with van der Waals surface area (Å²) in [5.41, 5.74) is 0.757. The van der Waals surface area contributed by atoms with Crippen LogP contribution in [0.5, 0.6) is 5.75 Å². The molecule has 0 unspecified atom stereocenters. The predicted molar refractivity (Wildman–Crippen MR) is 99.0 cm³/mol. The van der Waals surface area contributed by atoms with E-state index in [1.54, 1.807) is 12.1 Å². The van der Waals surface area contributed by atoms with Crippen molar-refractivity contribution in [2.45, 2.75) is 6.10 Å². The minimum atomic E-state index is -0.431. The molecule has 0 aromatic heterocycles. The molecule has 2 amide bonds. The Kier molecular flexibility index (Phi) is 5.85. The third-order valence-electron chi connectivity index (χ3n) is 3.72. The fourth-order valence-electron chi connectivity index (χ4n) is 2.46. The first-order valence-corrected chi connectivity index (χ1v) is 8.66. The van der Waals surface area contributed by atoms with Gasteiger partial charge < -0.3 is 14.8 Å². The number of ether oxygens (including phenoxy) is 2. The van der Waals surface area contributed by atoms with Gasteiger partial charge in [0, 0.05) is 10.7 Å². The molecule has 26 heavy (non-hydrogen) atoms. The molecular formula is C18H16Cl2N2O4. The van der Waals surface area contributed by atoms with Crippen molar-refractivity contribution in [3.05, 3.63) is 58.6 Å². The second-order valence-corrected chi connectivity index (χ2v) is 6.46. The summed E-state index contributed by atoms with van der Waals surface area (Å²) in [6.07, 6.45) is -0.856. The van der Waals surface area contributed by atoms with Gasteiger partial charge in [0.05, 0.1) is 18.1 Å². The first-order valence-electron chi connectivity index (χ1n) is 7.90. The topological polar surface area (TPSA) is 67.9 Å². The van der Waals surface area contributed by atoms with Crippen molar-refractivity contribution in [3.8, 4) is 5.75 Å². The number of carbonyl (C=O) groups is 2. The van der Waals surface area contributed by atoms with Gasteiger partial charge in [0.2, 0.25) is 0 Å². The molecule has 1 saturated heterocycles. The molecule has 6 nitrogen and oxygen atoms in total. The Morgan fingerprint density at radius 2 is 2.00 bits per heavy atom. The molecule has 1 N–H and O–H groups in total. The lowest BCUT2D eigenvalue weighted by atomic mass is 10.2. The van der Waals surface area contributed by atoms with Gasteiger partial charge >= 0.3 is 6.09 Å². The monoisotopic (exact) mass is 394 g/mol. The molecule has 0 aliphatic carbocycles. The highest BCUT2D eigenvalue weighted by atomic mass is 35.5. The molecule has 2 aromatic carbocycles. The van der Waals surface area contributed by atoms with E-state index in [9.17, 15) is 9.59 Å². The Hall–Kier alpha value is -2.44. The second kappa shape index (κ2) is 8.29. The molecule has 1 heterocycles. The second-order valence-electron chi connectivity index (χ2n) is 5.62. The number of nitrogens with one attached hydrogen (secondary N) is 1. The van der Waals surface area contributed by atoms with Crippen LogP contribution in [0.25, 0.3) is 0 Å². The Labute approximate surface area is 160 Å². The number of cyclic esters (lactones) is 1. The number of rotatable bonds is 6. The van der Waals surface area contributed by atoms with Crippen LogP contribution in [0.1, 0.15) is 0 Å². The normalized spacial score (nSPS) is 16.3. The Balaban J connectivity index is 1.45. The largest absolute Gasteiger partial charge is 0.482 e. The van der Waals surface area contributed by atoms with E-state index in [2.05, 4.69) is 5.32 Å². The number of nitrogens with zero attached hydrogens (tertiary/aromatic N) is 1. The number of hydrogen-bond acceptors (Lipinski definition) is 4. The maximum absolute atomic E-state index is 11.9. The maximum atomic E-state index is 11.9. The highest BCUT2D eigenvalue weighted by molar-refractivity contribution is 6.35. The van der Waals surface area contributed by atoms with Crippen LogP contribution in [-0.2, 0) is 9.53 Å². The van der Waals surface area contributed by atoms with Crippen LogP contribution >= 0.6 is 23.2 Å². The molecule has 8 heteroatoms. The number of anilines is 1. The van der Waals surface area contributed by atoms with Gasteiger partial charge in [0.25, 0.3) is 5.91 Å². The van der Waals surface area contributed by atoms with Gasteiger partial charge in [-0.25, -0.2) is 4.79 Å². The Morgan fingerprint density at radius 3 is 2.73 bits per heavy atom. The smallest absolute Gasteiger partial charge is 0.414 e. The molecule has 136 valence electrons. The van der Waals surface area contributed by atoms with Crippen molar-refractivity contribution in [1.29, 1.82) is 0 Å². The molecule has 1 aliphatic heterocycles. The Bertz CT molecular complexity index is 801. The van der Waals surface area contributed by atoms with Gasteiger partial charge in [-0.05, 0) is 30.3 Å². The van der Waals surface area contributed by atoms with E-state index in [0.717, 1.165) is 5.69 Å². The fraction of sp³-hybridized carbons (Fsp3) is 0.222. The SMILES string of the molecule is O=C(COc1ccc(Cl)cc1Cl)NC[C@H]1CN(c2ccccc2)C(=O)O1. The summed E-state index contributed by atoms with van der Waals surface area (Å²) in [5.74, 6) is 0.0268. The van der Waals surface area contributed by atoms with Crippen LogP contribution in [0.4, 0.5) is 10.5 Å². The van der Waals surface area contributed by atoms with Crippen LogP contribution in [0.15, 0.2) is 48.5 Å². The fourth-order valence-corrected chi connectivity index (χ4v) is 2.92. The van der Waals surface area contributed by atoms with E-state index in [1.807, 2.05) is 30.3 Å². The van der Waals surface area contributed by atoms with Gasteiger partial charge in [0.15, 0.2) is 6.61 Å². The van der Waals surface area contributed by atoms with Gasteiger partial charge in [-0.3, -0.25) is 9.69 Å². The lowest BCUT2D eigenvalue weighted by molar-refractivity contribution is -0.123. The van der Waals surface area contributed by atoms with E-state index < -0.39 is 12.2 Å². The van der Waals surface area contributed by atoms with Crippen molar-refractivity contribution in [2.24, 2.45) is 0 Å². The predicted octanol–water partition coefficient (Wildman–Crippen LogP) is 3.51. The van der Waals surface area contributed by atoms with Crippen LogP contribution in [0.3, 0.4) is 0 Å². The van der Waals surface area contributed by atoms with Crippen LogP contribution < -0.4 is 15.0 Å². The van der Waals surface area contributed by atoms with E-state index >= 15 is 0 Å². The standard InChI is InChI=1S/C18H16Cl2N2O4/c19-12-6-7-16(15(20)8-12)25-11-17(23)21-9-14-10-22(18(24)26-14)13-4-2-1-3-5-13/h1-8,14H,9-11H2,(H,21,23)/t14-/m0/s1. The molecular weight excluding hydrogens is 379 g/mol. The van der Waals surface area contributed by atoms with Crippen molar-refractivity contribution in [1.82, 2.24) is 5.32 Å². The zero-order valence-electron chi connectivity index (χ0n) is 13.7. The average Bonchev–Trinajstić information content (AvgIpc) is 3.01. The summed E-state index contributed by atoms with van der Waals surface area (Å²) in [6, 6.07) is 14.0. The lowest BCUT2D eigenvalue weighted by Crippen LogP contribution is -2.37. The number of amides is 2. The molecule has 3 rings (SSSR count). The van der Waals surface area contributed by atoms with Gasteiger partial charge in [-0.2, -0.15) is 0 Å². The summed E-state index contributed by atoms with van der Waals surface area (Å²) in [5, 5.41) is 3.49. The summed E-state index contributed by atoms with van der Waals surface area (Å²) >= 11 is 11.8. The number of benzene rings is 2. The van der Waals surface area contributed by atoms with Gasteiger partial charge in [0.1, 0.15) is 11.9 Å². The molecule has 1 atom stereocenters. The lowest BCUT2D eigenvalue weighted by Gasteiger charge is -2.13. The van der Waals surface area contributed by atoms with Gasteiger partial charge in [-0.15, -0.1) is 0 Å². The average molecular weight is 395 g/mol. The molecule has 0 bridgehead atoms. The van der Waals surface area contributed by atoms with Gasteiger partial charge in [-0.1, -0.05) is 41.4 Å². The first kappa shape index (κ1) is 18.4. The Morgan fingerprint density at radius 1 is 1.23 bits per heavy atom.